The van der Waals surface area contributed by atoms with Gasteiger partial charge in [0.05, 0.1) is 19.0 Å². The second-order valence-corrected chi connectivity index (χ2v) is 5.40. The van der Waals surface area contributed by atoms with Crippen molar-refractivity contribution >= 4 is 22.1 Å². The van der Waals surface area contributed by atoms with Gasteiger partial charge in [0.2, 0.25) is 0 Å². The fourth-order valence-electron chi connectivity index (χ4n) is 2.24. The molecule has 0 spiro atoms. The fourth-order valence-corrected chi connectivity index (χ4v) is 2.72. The topological polar surface area (TPSA) is 136 Å². The van der Waals surface area contributed by atoms with E-state index in [4.69, 9.17) is 15.0 Å². The Morgan fingerprint density at radius 2 is 2.30 bits per heavy atom. The SMILES string of the molecule is NS(=O)c1ncnc2c1ncn2[C@H]1C[C@H](O)[C@@H](CO)O1. The molecule has 0 bridgehead atoms. The quantitative estimate of drug-likeness (QED) is 0.583. The van der Waals surface area contributed by atoms with Crippen LogP contribution in [-0.2, 0) is 15.7 Å². The first-order valence-corrected chi connectivity index (χ1v) is 7.11. The van der Waals surface area contributed by atoms with Crippen molar-refractivity contribution in [3.05, 3.63) is 12.7 Å². The maximum absolute atomic E-state index is 11.4. The summed E-state index contributed by atoms with van der Waals surface area (Å²) in [6.45, 7) is -0.267. The summed E-state index contributed by atoms with van der Waals surface area (Å²) in [5.74, 6) is 0. The van der Waals surface area contributed by atoms with Crippen molar-refractivity contribution < 1.29 is 19.2 Å². The molecule has 1 saturated heterocycles. The smallest absolute Gasteiger partial charge is 0.173 e. The van der Waals surface area contributed by atoms with Gasteiger partial charge in [-0.15, -0.1) is 0 Å². The number of nitrogens with zero attached hydrogens (tertiary/aromatic N) is 4. The van der Waals surface area contributed by atoms with Crippen LogP contribution in [0.15, 0.2) is 17.7 Å². The minimum Gasteiger partial charge on any atom is -0.394 e. The summed E-state index contributed by atoms with van der Waals surface area (Å²) in [6.07, 6.45) is 1.13. The van der Waals surface area contributed by atoms with E-state index in [2.05, 4.69) is 15.0 Å². The molecule has 20 heavy (non-hydrogen) atoms. The Hall–Kier alpha value is -1.46. The number of aliphatic hydroxyl groups excluding tert-OH is 2. The highest BCUT2D eigenvalue weighted by Crippen LogP contribution is 2.30. The van der Waals surface area contributed by atoms with Crippen LogP contribution in [0, 0.1) is 0 Å². The summed E-state index contributed by atoms with van der Waals surface area (Å²) in [6, 6.07) is 0. The second kappa shape index (κ2) is 5.14. The number of hydrogen-bond acceptors (Lipinski definition) is 7. The molecular weight excluding hydrogens is 286 g/mol. The molecule has 1 unspecified atom stereocenters. The second-order valence-electron chi connectivity index (χ2n) is 4.42. The lowest BCUT2D eigenvalue weighted by Crippen LogP contribution is -2.24. The standard InChI is InChI=1S/C10H13N5O4S/c11-20(18)10-8-9(12-3-13-10)15(4-14-8)7-1-5(17)6(2-16)19-7/h3-7,16-17H,1-2,11H2/t5-,6+,7+,20?/m0/s1. The number of aromatic nitrogens is 4. The monoisotopic (exact) mass is 299 g/mol. The highest BCUT2D eigenvalue weighted by atomic mass is 32.2. The van der Waals surface area contributed by atoms with Gasteiger partial charge in [-0.2, -0.15) is 0 Å². The van der Waals surface area contributed by atoms with Gasteiger partial charge < -0.3 is 14.9 Å². The minimum atomic E-state index is -1.76. The fraction of sp³-hybridized carbons (Fsp3) is 0.500. The largest absolute Gasteiger partial charge is 0.394 e. The molecule has 9 nitrogen and oxygen atoms in total. The van der Waals surface area contributed by atoms with E-state index in [1.165, 1.54) is 12.7 Å². The van der Waals surface area contributed by atoms with E-state index < -0.39 is 29.4 Å². The van der Waals surface area contributed by atoms with E-state index in [0.717, 1.165) is 0 Å². The molecule has 108 valence electrons. The summed E-state index contributed by atoms with van der Waals surface area (Å²) < 4.78 is 18.5. The number of rotatable bonds is 3. The predicted octanol–water partition coefficient (Wildman–Crippen LogP) is -1.55. The molecule has 4 N–H and O–H groups in total. The van der Waals surface area contributed by atoms with Crippen molar-refractivity contribution in [1.82, 2.24) is 19.5 Å². The summed E-state index contributed by atoms with van der Waals surface area (Å²) in [4.78, 5) is 12.0. The third-order valence-electron chi connectivity index (χ3n) is 3.21. The van der Waals surface area contributed by atoms with E-state index in [1.54, 1.807) is 4.57 Å². The Bertz CT molecular complexity index is 662. The van der Waals surface area contributed by atoms with Gasteiger partial charge in [0.1, 0.15) is 35.2 Å². The number of hydrogen-bond donors (Lipinski definition) is 3. The molecular formula is C10H13N5O4S. The number of imidazole rings is 1. The Morgan fingerprint density at radius 3 is 2.95 bits per heavy atom. The molecule has 0 saturated carbocycles. The van der Waals surface area contributed by atoms with Crippen molar-refractivity contribution in [3.8, 4) is 0 Å². The summed E-state index contributed by atoms with van der Waals surface area (Å²) >= 11 is 0. The van der Waals surface area contributed by atoms with Crippen LogP contribution in [0.1, 0.15) is 12.6 Å². The third kappa shape index (κ3) is 2.11. The van der Waals surface area contributed by atoms with Crippen molar-refractivity contribution in [2.45, 2.75) is 29.9 Å². The first-order chi connectivity index (χ1) is 9.61. The van der Waals surface area contributed by atoms with Gasteiger partial charge in [0, 0.05) is 6.42 Å². The van der Waals surface area contributed by atoms with Gasteiger partial charge >= 0.3 is 0 Å². The van der Waals surface area contributed by atoms with Crippen LogP contribution < -0.4 is 5.14 Å². The minimum absolute atomic E-state index is 0.144. The Morgan fingerprint density at radius 1 is 1.50 bits per heavy atom. The van der Waals surface area contributed by atoms with Gasteiger partial charge in [-0.25, -0.2) is 24.3 Å². The van der Waals surface area contributed by atoms with Crippen molar-refractivity contribution in [2.75, 3.05) is 6.61 Å². The molecule has 0 radical (unpaired) electrons. The zero-order valence-corrected chi connectivity index (χ0v) is 11.1. The van der Waals surface area contributed by atoms with Gasteiger partial charge in [0.25, 0.3) is 0 Å². The summed E-state index contributed by atoms with van der Waals surface area (Å²) in [7, 11) is -1.76. The molecule has 1 fully saturated rings. The van der Waals surface area contributed by atoms with Crippen LogP contribution in [0.3, 0.4) is 0 Å². The Kier molecular flexibility index (Phi) is 3.48. The molecule has 2 aromatic heterocycles. The number of ether oxygens (including phenoxy) is 1. The molecule has 2 aromatic rings. The molecule has 1 aliphatic heterocycles. The molecule has 10 heteroatoms. The lowest BCUT2D eigenvalue weighted by molar-refractivity contribution is -0.0432. The maximum Gasteiger partial charge on any atom is 0.173 e. The molecule has 0 aromatic carbocycles. The average Bonchev–Trinajstić information content (AvgIpc) is 3.01. The van der Waals surface area contributed by atoms with Crippen molar-refractivity contribution in [1.29, 1.82) is 0 Å². The van der Waals surface area contributed by atoms with Gasteiger partial charge in [0.15, 0.2) is 10.7 Å². The first-order valence-electron chi connectivity index (χ1n) is 5.90. The molecule has 3 heterocycles. The van der Waals surface area contributed by atoms with Crippen molar-refractivity contribution in [2.24, 2.45) is 5.14 Å². The lowest BCUT2D eigenvalue weighted by atomic mass is 10.2. The molecule has 0 amide bonds. The predicted molar refractivity (Wildman–Crippen MR) is 67.5 cm³/mol. The normalized spacial score (nSPS) is 28.1. The number of fused-ring (bicyclic) bond motifs is 1. The van der Waals surface area contributed by atoms with Crippen LogP contribution in [0.5, 0.6) is 0 Å². The number of aliphatic hydroxyl groups is 2. The Labute approximate surface area is 116 Å². The highest BCUT2D eigenvalue weighted by molar-refractivity contribution is 7.82. The summed E-state index contributed by atoms with van der Waals surface area (Å²) in [5.41, 5.74) is 0.753. The highest BCUT2D eigenvalue weighted by Gasteiger charge is 2.35. The molecule has 0 aliphatic carbocycles. The molecule has 4 atom stereocenters. The van der Waals surface area contributed by atoms with Crippen molar-refractivity contribution in [3.63, 3.8) is 0 Å². The third-order valence-corrected chi connectivity index (χ3v) is 3.89. The van der Waals surface area contributed by atoms with E-state index in [1.807, 2.05) is 0 Å². The van der Waals surface area contributed by atoms with Gasteiger partial charge in [-0.05, 0) is 0 Å². The van der Waals surface area contributed by atoms with Crippen LogP contribution >= 0.6 is 0 Å². The first kappa shape index (κ1) is 13.5. The maximum atomic E-state index is 11.4. The van der Waals surface area contributed by atoms with Crippen LogP contribution in [0.2, 0.25) is 0 Å². The van der Waals surface area contributed by atoms with Crippen LogP contribution in [-0.4, -0.2) is 52.8 Å². The van der Waals surface area contributed by atoms with Gasteiger partial charge in [-0.3, -0.25) is 4.57 Å². The zero-order valence-electron chi connectivity index (χ0n) is 10.3. The van der Waals surface area contributed by atoms with Crippen LogP contribution in [0.25, 0.3) is 11.2 Å². The van der Waals surface area contributed by atoms with E-state index in [-0.39, 0.29) is 11.6 Å². The zero-order chi connectivity index (χ0) is 14.3. The molecule has 1 aliphatic rings. The van der Waals surface area contributed by atoms with Crippen LogP contribution in [0.4, 0.5) is 0 Å². The van der Waals surface area contributed by atoms with E-state index in [9.17, 15) is 9.32 Å². The van der Waals surface area contributed by atoms with E-state index >= 15 is 0 Å². The van der Waals surface area contributed by atoms with Gasteiger partial charge in [-0.1, -0.05) is 0 Å². The molecule has 3 rings (SSSR count). The Balaban J connectivity index is 2.02. The lowest BCUT2D eigenvalue weighted by Gasteiger charge is -2.13. The summed E-state index contributed by atoms with van der Waals surface area (Å²) in [5, 5.41) is 24.3. The van der Waals surface area contributed by atoms with E-state index in [0.29, 0.717) is 17.6 Å². The number of nitrogens with two attached hydrogens (primary N) is 1. The average molecular weight is 299 g/mol.